The average Bonchev–Trinajstić information content (AvgIpc) is 2.49. The van der Waals surface area contributed by atoms with Crippen molar-refractivity contribution in [2.24, 2.45) is 0 Å². The van der Waals surface area contributed by atoms with Crippen LogP contribution >= 0.6 is 11.6 Å². The number of hydrogen-bond acceptors (Lipinski definition) is 3. The predicted octanol–water partition coefficient (Wildman–Crippen LogP) is 3.26. The number of hydrogen-bond donors (Lipinski definition) is 1. The molecule has 0 radical (unpaired) electrons. The van der Waals surface area contributed by atoms with Crippen LogP contribution in [0.25, 0.3) is 0 Å². The Morgan fingerprint density at radius 1 is 1.14 bits per heavy atom. The van der Waals surface area contributed by atoms with Gasteiger partial charge in [-0.15, -0.1) is 0 Å². The highest BCUT2D eigenvalue weighted by Crippen LogP contribution is 2.19. The van der Waals surface area contributed by atoms with Crippen LogP contribution in [0.15, 0.2) is 53.4 Å². The lowest BCUT2D eigenvalue weighted by atomic mass is 10.1. The van der Waals surface area contributed by atoms with Crippen molar-refractivity contribution in [3.8, 4) is 5.75 Å². The Morgan fingerprint density at radius 2 is 1.91 bits per heavy atom. The molecule has 4 nitrogen and oxygen atoms in total. The molecule has 22 heavy (non-hydrogen) atoms. The van der Waals surface area contributed by atoms with E-state index in [0.29, 0.717) is 24.6 Å². The predicted molar refractivity (Wildman–Crippen MR) is 88.0 cm³/mol. The fourth-order valence-corrected chi connectivity index (χ4v) is 3.38. The summed E-state index contributed by atoms with van der Waals surface area (Å²) in [5.74, 6) is 0.784. The second-order valence-electron chi connectivity index (χ2n) is 4.65. The number of sulfonamides is 1. The van der Waals surface area contributed by atoms with Crippen LogP contribution in [0, 0.1) is 0 Å². The van der Waals surface area contributed by atoms with E-state index in [-0.39, 0.29) is 4.90 Å². The minimum absolute atomic E-state index is 0.165. The smallest absolute Gasteiger partial charge is 0.240 e. The highest BCUT2D eigenvalue weighted by Gasteiger charge is 2.14. The molecule has 0 unspecified atom stereocenters. The number of nitrogens with one attached hydrogen (secondary N) is 1. The summed E-state index contributed by atoms with van der Waals surface area (Å²) in [6.07, 6.45) is 0.552. The van der Waals surface area contributed by atoms with Crippen molar-refractivity contribution in [1.29, 1.82) is 0 Å². The molecule has 6 heteroatoms. The summed E-state index contributed by atoms with van der Waals surface area (Å²) in [6.45, 7) is 2.78. The first-order chi connectivity index (χ1) is 10.5. The highest BCUT2D eigenvalue weighted by molar-refractivity contribution is 7.89. The van der Waals surface area contributed by atoms with Crippen LogP contribution < -0.4 is 9.46 Å². The van der Waals surface area contributed by atoms with Crippen molar-refractivity contribution in [3.05, 3.63) is 59.1 Å². The lowest BCUT2D eigenvalue weighted by molar-refractivity contribution is 0.336. The maximum Gasteiger partial charge on any atom is 0.240 e. The topological polar surface area (TPSA) is 55.4 Å². The van der Waals surface area contributed by atoms with E-state index >= 15 is 0 Å². The Balaban J connectivity index is 2.02. The molecule has 118 valence electrons. The standard InChI is InChI=1S/C16H18ClNO3S/c1-2-21-16-9-4-3-6-13(16)10-11-18-22(19,20)15-8-5-7-14(17)12-15/h3-9,12,18H,2,10-11H2,1H3. The molecule has 0 aromatic heterocycles. The molecule has 0 spiro atoms. The summed E-state index contributed by atoms with van der Waals surface area (Å²) in [4.78, 5) is 0.165. The summed E-state index contributed by atoms with van der Waals surface area (Å²) in [5.41, 5.74) is 0.971. The highest BCUT2D eigenvalue weighted by atomic mass is 35.5. The lowest BCUT2D eigenvalue weighted by Gasteiger charge is -2.11. The maximum absolute atomic E-state index is 12.2. The van der Waals surface area contributed by atoms with Crippen LogP contribution in [-0.2, 0) is 16.4 Å². The quantitative estimate of drug-likeness (QED) is 0.842. The SMILES string of the molecule is CCOc1ccccc1CCNS(=O)(=O)c1cccc(Cl)c1. The van der Waals surface area contributed by atoms with Gasteiger partial charge in [-0.3, -0.25) is 0 Å². The average molecular weight is 340 g/mol. The van der Waals surface area contributed by atoms with Crippen LogP contribution in [-0.4, -0.2) is 21.6 Å². The molecule has 0 saturated carbocycles. The van der Waals surface area contributed by atoms with Crippen molar-refractivity contribution in [3.63, 3.8) is 0 Å². The van der Waals surface area contributed by atoms with Gasteiger partial charge < -0.3 is 4.74 Å². The van der Waals surface area contributed by atoms with Gasteiger partial charge in [-0.25, -0.2) is 13.1 Å². The first-order valence-corrected chi connectivity index (χ1v) is 8.85. The third-order valence-corrected chi connectivity index (χ3v) is 4.76. The third kappa shape index (κ3) is 4.47. The second-order valence-corrected chi connectivity index (χ2v) is 6.85. The van der Waals surface area contributed by atoms with Gasteiger partial charge in [0.15, 0.2) is 0 Å². The van der Waals surface area contributed by atoms with E-state index in [2.05, 4.69) is 4.72 Å². The molecule has 0 bridgehead atoms. The fraction of sp³-hybridized carbons (Fsp3) is 0.250. The van der Waals surface area contributed by atoms with E-state index in [4.69, 9.17) is 16.3 Å². The van der Waals surface area contributed by atoms with E-state index in [1.165, 1.54) is 12.1 Å². The van der Waals surface area contributed by atoms with Crippen LogP contribution in [0.3, 0.4) is 0 Å². The Morgan fingerprint density at radius 3 is 2.64 bits per heavy atom. The zero-order chi connectivity index (χ0) is 16.0. The van der Waals surface area contributed by atoms with Crippen molar-refractivity contribution in [2.75, 3.05) is 13.2 Å². The Kier molecular flexibility index (Phi) is 5.83. The molecule has 1 N–H and O–H groups in total. The minimum atomic E-state index is -3.55. The van der Waals surface area contributed by atoms with Crippen molar-refractivity contribution in [2.45, 2.75) is 18.2 Å². The summed E-state index contributed by atoms with van der Waals surface area (Å²) < 4.78 is 32.5. The molecule has 0 aliphatic carbocycles. The Hall–Kier alpha value is -1.56. The van der Waals surface area contributed by atoms with E-state index in [1.807, 2.05) is 31.2 Å². The van der Waals surface area contributed by atoms with Crippen LogP contribution in [0.4, 0.5) is 0 Å². The summed E-state index contributed by atoms with van der Waals surface area (Å²) in [5, 5.41) is 0.393. The molecule has 2 aromatic rings. The van der Waals surface area contributed by atoms with Crippen LogP contribution in [0.1, 0.15) is 12.5 Å². The van der Waals surface area contributed by atoms with Gasteiger partial charge in [0.05, 0.1) is 11.5 Å². The van der Waals surface area contributed by atoms with Gasteiger partial charge in [-0.05, 0) is 43.2 Å². The molecule has 0 amide bonds. The normalized spacial score (nSPS) is 11.4. The number of ether oxygens (including phenoxy) is 1. The lowest BCUT2D eigenvalue weighted by Crippen LogP contribution is -2.26. The summed E-state index contributed by atoms with van der Waals surface area (Å²) in [6, 6.07) is 13.8. The monoisotopic (exact) mass is 339 g/mol. The van der Waals surface area contributed by atoms with Crippen molar-refractivity contribution >= 4 is 21.6 Å². The second kappa shape index (κ2) is 7.63. The number of benzene rings is 2. The molecule has 0 heterocycles. The van der Waals surface area contributed by atoms with E-state index in [9.17, 15) is 8.42 Å². The first kappa shape index (κ1) is 16.8. The minimum Gasteiger partial charge on any atom is -0.494 e. The van der Waals surface area contributed by atoms with Gasteiger partial charge in [0.1, 0.15) is 5.75 Å². The molecule has 0 aliphatic rings. The van der Waals surface area contributed by atoms with Gasteiger partial charge in [0, 0.05) is 11.6 Å². The third-order valence-electron chi connectivity index (χ3n) is 3.07. The fourth-order valence-electron chi connectivity index (χ4n) is 2.04. The molecule has 0 fully saturated rings. The van der Waals surface area contributed by atoms with Gasteiger partial charge in [0.25, 0.3) is 0 Å². The maximum atomic E-state index is 12.2. The molecular formula is C16H18ClNO3S. The first-order valence-electron chi connectivity index (χ1n) is 6.99. The molecular weight excluding hydrogens is 322 g/mol. The van der Waals surface area contributed by atoms with E-state index in [0.717, 1.165) is 11.3 Å². The largest absolute Gasteiger partial charge is 0.494 e. The molecule has 0 aliphatic heterocycles. The van der Waals surface area contributed by atoms with Gasteiger partial charge in [-0.2, -0.15) is 0 Å². The van der Waals surface area contributed by atoms with Crippen molar-refractivity contribution < 1.29 is 13.2 Å². The molecule has 2 rings (SSSR count). The number of para-hydroxylation sites is 1. The Bertz CT molecular complexity index is 732. The van der Waals surface area contributed by atoms with E-state index < -0.39 is 10.0 Å². The van der Waals surface area contributed by atoms with Gasteiger partial charge in [0.2, 0.25) is 10.0 Å². The van der Waals surface area contributed by atoms with Gasteiger partial charge >= 0.3 is 0 Å². The summed E-state index contributed by atoms with van der Waals surface area (Å²) >= 11 is 5.83. The number of rotatable bonds is 7. The Labute approximate surface area is 136 Å². The molecule has 2 aromatic carbocycles. The molecule has 0 atom stereocenters. The van der Waals surface area contributed by atoms with Crippen molar-refractivity contribution in [1.82, 2.24) is 4.72 Å². The zero-order valence-corrected chi connectivity index (χ0v) is 13.8. The van der Waals surface area contributed by atoms with E-state index in [1.54, 1.807) is 12.1 Å². The number of halogens is 1. The summed E-state index contributed by atoms with van der Waals surface area (Å²) in [7, 11) is -3.55. The van der Waals surface area contributed by atoms with Crippen LogP contribution in [0.5, 0.6) is 5.75 Å². The van der Waals surface area contributed by atoms with Gasteiger partial charge in [-0.1, -0.05) is 35.9 Å². The van der Waals surface area contributed by atoms with Crippen LogP contribution in [0.2, 0.25) is 5.02 Å². The zero-order valence-electron chi connectivity index (χ0n) is 12.3. The molecule has 0 saturated heterocycles.